The van der Waals surface area contributed by atoms with E-state index in [0.717, 1.165) is 0 Å². The average Bonchev–Trinajstić information content (AvgIpc) is 2.80. The van der Waals surface area contributed by atoms with Gasteiger partial charge in [-0.25, -0.2) is 0 Å². The minimum atomic E-state index is -1.45. The molecule has 1 unspecified atom stereocenters. The lowest BCUT2D eigenvalue weighted by Gasteiger charge is -2.16. The maximum Gasteiger partial charge on any atom is 0.258 e. The van der Waals surface area contributed by atoms with Gasteiger partial charge in [0.1, 0.15) is 0 Å². The van der Waals surface area contributed by atoms with Crippen molar-refractivity contribution in [2.45, 2.75) is 40.7 Å². The molecule has 0 saturated carbocycles. The molecule has 0 aliphatic heterocycles. The SMILES string of the molecule is CCOc1ccc(Cl)c(OCC)c1N=NC(C(C)=O)C(=O)Nc1cc(Cl)c(OCC)c(OCC)c1. The second-order valence-corrected chi connectivity index (χ2v) is 7.77. The van der Waals surface area contributed by atoms with E-state index < -0.39 is 17.7 Å². The first kappa shape index (κ1) is 28.2. The lowest BCUT2D eigenvalue weighted by molar-refractivity contribution is -0.126. The van der Waals surface area contributed by atoms with Crippen LogP contribution in [0.2, 0.25) is 10.0 Å². The van der Waals surface area contributed by atoms with Gasteiger partial charge in [-0.15, -0.1) is 5.11 Å². The van der Waals surface area contributed by atoms with Crippen LogP contribution in [0, 0.1) is 0 Å². The van der Waals surface area contributed by atoms with Gasteiger partial charge in [0.05, 0.1) is 36.5 Å². The molecule has 1 atom stereocenters. The second kappa shape index (κ2) is 13.7. The fraction of sp³-hybridized carbons (Fsp3) is 0.417. The van der Waals surface area contributed by atoms with Crippen LogP contribution >= 0.6 is 23.2 Å². The summed E-state index contributed by atoms with van der Waals surface area (Å²) in [6.45, 7) is 9.88. The largest absolute Gasteiger partial charge is 0.491 e. The molecule has 0 heterocycles. The number of anilines is 1. The summed E-state index contributed by atoms with van der Waals surface area (Å²) in [5.74, 6) is 0.0929. The Hall–Kier alpha value is -3.04. The zero-order valence-electron chi connectivity index (χ0n) is 20.3. The van der Waals surface area contributed by atoms with Crippen LogP contribution in [0.3, 0.4) is 0 Å². The van der Waals surface area contributed by atoms with E-state index in [1.165, 1.54) is 13.0 Å². The Morgan fingerprint density at radius 3 is 2.06 bits per heavy atom. The van der Waals surface area contributed by atoms with Crippen LogP contribution in [0.5, 0.6) is 23.0 Å². The van der Waals surface area contributed by atoms with Crippen molar-refractivity contribution in [1.29, 1.82) is 0 Å². The minimum absolute atomic E-state index is 0.183. The van der Waals surface area contributed by atoms with Gasteiger partial charge in [0.25, 0.3) is 5.91 Å². The molecule has 11 heteroatoms. The van der Waals surface area contributed by atoms with Gasteiger partial charge < -0.3 is 24.3 Å². The smallest absolute Gasteiger partial charge is 0.258 e. The van der Waals surface area contributed by atoms with Crippen LogP contribution in [0.25, 0.3) is 0 Å². The molecule has 0 aliphatic carbocycles. The first-order chi connectivity index (χ1) is 16.8. The normalized spacial score (nSPS) is 11.7. The van der Waals surface area contributed by atoms with Gasteiger partial charge in [0.15, 0.2) is 34.5 Å². The van der Waals surface area contributed by atoms with Crippen molar-refractivity contribution in [3.8, 4) is 23.0 Å². The standard InChI is InChI=1S/C24H29Cl2N3O6/c1-6-32-18-11-10-16(25)23(35-9-4)21(18)29-28-20(14(5)30)24(31)27-15-12-17(26)22(34-8-3)19(13-15)33-7-2/h10-13,20H,6-9H2,1-5H3,(H,27,31). The lowest BCUT2D eigenvalue weighted by Crippen LogP contribution is -2.31. The van der Waals surface area contributed by atoms with E-state index in [0.29, 0.717) is 54.4 Å². The van der Waals surface area contributed by atoms with Crippen molar-refractivity contribution in [2.75, 3.05) is 31.7 Å². The fourth-order valence-electron chi connectivity index (χ4n) is 3.01. The van der Waals surface area contributed by atoms with E-state index in [2.05, 4.69) is 15.5 Å². The third kappa shape index (κ3) is 7.47. The quantitative estimate of drug-likeness (QED) is 0.244. The molecule has 0 bridgehead atoms. The number of benzene rings is 2. The summed E-state index contributed by atoms with van der Waals surface area (Å²) in [6, 6.07) is 4.83. The Labute approximate surface area is 214 Å². The number of hydrogen-bond donors (Lipinski definition) is 1. The molecule has 0 fully saturated rings. The molecule has 0 saturated heterocycles. The first-order valence-corrected chi connectivity index (χ1v) is 11.9. The van der Waals surface area contributed by atoms with Crippen molar-refractivity contribution in [2.24, 2.45) is 10.2 Å². The van der Waals surface area contributed by atoms with Crippen LogP contribution in [0.4, 0.5) is 11.4 Å². The number of rotatable bonds is 13. The summed E-state index contributed by atoms with van der Waals surface area (Å²) in [5, 5.41) is 11.3. The first-order valence-electron chi connectivity index (χ1n) is 11.2. The van der Waals surface area contributed by atoms with Gasteiger partial charge in [-0.2, -0.15) is 5.11 Å². The summed E-state index contributed by atoms with van der Waals surface area (Å²) >= 11 is 12.6. The van der Waals surface area contributed by atoms with Crippen molar-refractivity contribution in [3.05, 3.63) is 34.3 Å². The Bertz CT molecular complexity index is 1080. The molecule has 0 spiro atoms. The number of azo groups is 1. The van der Waals surface area contributed by atoms with Crippen molar-refractivity contribution >= 4 is 46.3 Å². The number of hydrogen-bond acceptors (Lipinski definition) is 8. The number of carbonyl (C=O) groups is 2. The molecular weight excluding hydrogens is 497 g/mol. The van der Waals surface area contributed by atoms with Crippen LogP contribution in [0.15, 0.2) is 34.5 Å². The molecule has 2 aromatic carbocycles. The molecule has 0 aromatic heterocycles. The molecule has 2 rings (SSSR count). The highest BCUT2D eigenvalue weighted by molar-refractivity contribution is 6.33. The number of amides is 1. The molecular formula is C24H29Cl2N3O6. The van der Waals surface area contributed by atoms with E-state index in [4.69, 9.17) is 42.1 Å². The van der Waals surface area contributed by atoms with E-state index in [1.807, 2.05) is 13.8 Å². The summed E-state index contributed by atoms with van der Waals surface area (Å²) in [5.41, 5.74) is 0.490. The minimum Gasteiger partial charge on any atom is -0.491 e. The molecule has 9 nitrogen and oxygen atoms in total. The number of halogens is 2. The average molecular weight is 526 g/mol. The molecule has 190 valence electrons. The number of ether oxygens (including phenoxy) is 4. The second-order valence-electron chi connectivity index (χ2n) is 6.96. The third-order valence-electron chi connectivity index (χ3n) is 4.41. The maximum atomic E-state index is 13.0. The van der Waals surface area contributed by atoms with E-state index in [-0.39, 0.29) is 16.5 Å². The summed E-state index contributed by atoms with van der Waals surface area (Å²) < 4.78 is 22.3. The highest BCUT2D eigenvalue weighted by Gasteiger charge is 2.25. The highest BCUT2D eigenvalue weighted by atomic mass is 35.5. The molecule has 0 aliphatic rings. The highest BCUT2D eigenvalue weighted by Crippen LogP contribution is 2.43. The van der Waals surface area contributed by atoms with E-state index in [1.54, 1.807) is 32.0 Å². The topological polar surface area (TPSA) is 108 Å². The van der Waals surface area contributed by atoms with Gasteiger partial charge in [0, 0.05) is 11.8 Å². The summed E-state index contributed by atoms with van der Waals surface area (Å²) in [7, 11) is 0. The van der Waals surface area contributed by atoms with Crippen LogP contribution in [0.1, 0.15) is 34.6 Å². The Balaban J connectivity index is 2.39. The predicted octanol–water partition coefficient (Wildman–Crippen LogP) is 6.27. The summed E-state index contributed by atoms with van der Waals surface area (Å²) in [6.07, 6.45) is 0. The van der Waals surface area contributed by atoms with Gasteiger partial charge in [-0.1, -0.05) is 23.2 Å². The molecule has 0 radical (unpaired) electrons. The number of ketones is 1. The molecule has 1 amide bonds. The molecule has 1 N–H and O–H groups in total. The van der Waals surface area contributed by atoms with Gasteiger partial charge >= 0.3 is 0 Å². The monoisotopic (exact) mass is 525 g/mol. The number of nitrogens with one attached hydrogen (secondary N) is 1. The Morgan fingerprint density at radius 2 is 1.46 bits per heavy atom. The zero-order chi connectivity index (χ0) is 26.0. The van der Waals surface area contributed by atoms with Crippen molar-refractivity contribution < 1.29 is 28.5 Å². The van der Waals surface area contributed by atoms with Crippen LogP contribution in [-0.2, 0) is 9.59 Å². The van der Waals surface area contributed by atoms with Crippen molar-refractivity contribution in [3.63, 3.8) is 0 Å². The zero-order valence-corrected chi connectivity index (χ0v) is 21.8. The van der Waals surface area contributed by atoms with Crippen LogP contribution < -0.4 is 24.3 Å². The maximum absolute atomic E-state index is 13.0. The summed E-state index contributed by atoms with van der Waals surface area (Å²) in [4.78, 5) is 25.3. The molecule has 35 heavy (non-hydrogen) atoms. The lowest BCUT2D eigenvalue weighted by atomic mass is 10.2. The van der Waals surface area contributed by atoms with Gasteiger partial charge in [0.2, 0.25) is 6.04 Å². The van der Waals surface area contributed by atoms with Crippen molar-refractivity contribution in [1.82, 2.24) is 0 Å². The number of Topliss-reactive ketones (excluding diaryl/α,β-unsaturated/α-hetero) is 1. The molecule has 2 aromatic rings. The fourth-order valence-corrected chi connectivity index (χ4v) is 3.48. The Kier molecular flexibility index (Phi) is 11.1. The Morgan fingerprint density at radius 1 is 0.857 bits per heavy atom. The third-order valence-corrected chi connectivity index (χ3v) is 4.99. The van der Waals surface area contributed by atoms with E-state index in [9.17, 15) is 9.59 Å². The van der Waals surface area contributed by atoms with Gasteiger partial charge in [-0.05, 0) is 52.8 Å². The number of carbonyl (C=O) groups excluding carboxylic acids is 2. The van der Waals surface area contributed by atoms with Crippen LogP contribution in [-0.4, -0.2) is 44.2 Å². The van der Waals surface area contributed by atoms with Gasteiger partial charge in [-0.3, -0.25) is 9.59 Å². The predicted molar refractivity (Wildman–Crippen MR) is 135 cm³/mol. The number of nitrogens with zero attached hydrogens (tertiary/aromatic N) is 2. The van der Waals surface area contributed by atoms with E-state index >= 15 is 0 Å².